The number of nitrogens with one attached hydrogen (secondary N) is 2. The SMILES string of the molecule is CC(C)[C@H](N)C(=O)NCC(=O)NCC1(C)CCOC1.Cl. The normalized spacial score (nSPS) is 23.1. The second-order valence-electron chi connectivity index (χ2n) is 5.88. The molecule has 2 atom stereocenters. The van der Waals surface area contributed by atoms with Crippen molar-refractivity contribution in [3.63, 3.8) is 0 Å². The van der Waals surface area contributed by atoms with Gasteiger partial charge in [-0.25, -0.2) is 0 Å². The molecular weight excluding hydrogens is 282 g/mol. The Morgan fingerprint density at radius 1 is 1.35 bits per heavy atom. The van der Waals surface area contributed by atoms with Crippen molar-refractivity contribution in [3.05, 3.63) is 0 Å². The average Bonchev–Trinajstić information content (AvgIpc) is 2.80. The Labute approximate surface area is 126 Å². The highest BCUT2D eigenvalue weighted by molar-refractivity contribution is 5.87. The fraction of sp³-hybridized carbons (Fsp3) is 0.846. The van der Waals surface area contributed by atoms with Gasteiger partial charge in [-0.1, -0.05) is 20.8 Å². The van der Waals surface area contributed by atoms with Gasteiger partial charge in [-0.2, -0.15) is 0 Å². The van der Waals surface area contributed by atoms with Crippen LogP contribution in [0.5, 0.6) is 0 Å². The lowest BCUT2D eigenvalue weighted by atomic mass is 9.90. The lowest BCUT2D eigenvalue weighted by molar-refractivity contribution is -0.127. The number of hydrogen-bond donors (Lipinski definition) is 3. The van der Waals surface area contributed by atoms with Crippen LogP contribution in [0.1, 0.15) is 27.2 Å². The number of carbonyl (C=O) groups excluding carboxylic acids is 2. The fourth-order valence-corrected chi connectivity index (χ4v) is 1.81. The van der Waals surface area contributed by atoms with E-state index >= 15 is 0 Å². The van der Waals surface area contributed by atoms with Crippen molar-refractivity contribution in [2.75, 3.05) is 26.3 Å². The lowest BCUT2D eigenvalue weighted by Crippen LogP contribution is -2.48. The molecule has 0 aromatic rings. The van der Waals surface area contributed by atoms with Gasteiger partial charge in [0, 0.05) is 18.6 Å². The van der Waals surface area contributed by atoms with E-state index < -0.39 is 6.04 Å². The van der Waals surface area contributed by atoms with Crippen LogP contribution >= 0.6 is 12.4 Å². The van der Waals surface area contributed by atoms with E-state index in [4.69, 9.17) is 10.5 Å². The van der Waals surface area contributed by atoms with Crippen molar-refractivity contribution in [3.8, 4) is 0 Å². The molecule has 118 valence electrons. The van der Waals surface area contributed by atoms with Crippen molar-refractivity contribution in [1.82, 2.24) is 10.6 Å². The molecule has 1 heterocycles. The Kier molecular flexibility index (Phi) is 8.08. The highest BCUT2D eigenvalue weighted by atomic mass is 35.5. The minimum Gasteiger partial charge on any atom is -0.381 e. The van der Waals surface area contributed by atoms with Crippen LogP contribution in [-0.4, -0.2) is 44.2 Å². The van der Waals surface area contributed by atoms with E-state index in [1.807, 2.05) is 13.8 Å². The third-order valence-electron chi connectivity index (χ3n) is 3.46. The quantitative estimate of drug-likeness (QED) is 0.646. The van der Waals surface area contributed by atoms with E-state index in [1.165, 1.54) is 0 Å². The Morgan fingerprint density at radius 2 is 2.00 bits per heavy atom. The van der Waals surface area contributed by atoms with Crippen molar-refractivity contribution >= 4 is 24.2 Å². The predicted molar refractivity (Wildman–Crippen MR) is 79.6 cm³/mol. The van der Waals surface area contributed by atoms with Crippen LogP contribution in [0.25, 0.3) is 0 Å². The molecule has 0 radical (unpaired) electrons. The number of carbonyl (C=O) groups is 2. The first kappa shape index (κ1) is 19.1. The van der Waals surface area contributed by atoms with E-state index in [-0.39, 0.29) is 42.1 Å². The minimum atomic E-state index is -0.575. The minimum absolute atomic E-state index is 0. The lowest BCUT2D eigenvalue weighted by Gasteiger charge is -2.22. The van der Waals surface area contributed by atoms with Crippen LogP contribution in [0.15, 0.2) is 0 Å². The second kappa shape index (κ2) is 8.44. The molecule has 4 N–H and O–H groups in total. The summed E-state index contributed by atoms with van der Waals surface area (Å²) < 4.78 is 5.31. The highest BCUT2D eigenvalue weighted by Gasteiger charge is 2.30. The van der Waals surface area contributed by atoms with Crippen molar-refractivity contribution in [2.45, 2.75) is 33.2 Å². The number of amides is 2. The van der Waals surface area contributed by atoms with E-state index in [0.717, 1.165) is 13.0 Å². The molecule has 1 fully saturated rings. The topological polar surface area (TPSA) is 93.5 Å². The molecular formula is C13H26ClN3O3. The number of hydrogen-bond acceptors (Lipinski definition) is 4. The van der Waals surface area contributed by atoms with Gasteiger partial charge in [0.15, 0.2) is 0 Å². The second-order valence-corrected chi connectivity index (χ2v) is 5.88. The standard InChI is InChI=1S/C13H25N3O3.ClH/c1-9(2)11(14)12(18)15-6-10(17)16-7-13(3)4-5-19-8-13;/h9,11H,4-8,14H2,1-3H3,(H,15,18)(H,16,17);1H/t11-,13?;/m0./s1. The third-order valence-corrected chi connectivity index (χ3v) is 3.46. The Balaban J connectivity index is 0.00000361. The summed E-state index contributed by atoms with van der Waals surface area (Å²) in [5, 5.41) is 5.36. The predicted octanol–water partition coefficient (Wildman–Crippen LogP) is 0.0505. The maximum Gasteiger partial charge on any atom is 0.239 e. The Morgan fingerprint density at radius 3 is 2.50 bits per heavy atom. The zero-order valence-electron chi connectivity index (χ0n) is 12.4. The summed E-state index contributed by atoms with van der Waals surface area (Å²) in [5.74, 6) is -0.435. The highest BCUT2D eigenvalue weighted by Crippen LogP contribution is 2.26. The van der Waals surface area contributed by atoms with Gasteiger partial charge in [0.1, 0.15) is 0 Å². The molecule has 2 amide bonds. The zero-order valence-corrected chi connectivity index (χ0v) is 13.2. The van der Waals surface area contributed by atoms with Gasteiger partial charge in [-0.15, -0.1) is 12.4 Å². The molecule has 1 aliphatic heterocycles. The van der Waals surface area contributed by atoms with Gasteiger partial charge >= 0.3 is 0 Å². The van der Waals surface area contributed by atoms with Crippen LogP contribution < -0.4 is 16.4 Å². The molecule has 0 bridgehead atoms. The number of nitrogens with two attached hydrogens (primary N) is 1. The molecule has 6 nitrogen and oxygen atoms in total. The smallest absolute Gasteiger partial charge is 0.239 e. The first-order valence-corrected chi connectivity index (χ1v) is 6.72. The molecule has 7 heteroatoms. The first-order chi connectivity index (χ1) is 8.84. The maximum absolute atomic E-state index is 11.6. The summed E-state index contributed by atoms with van der Waals surface area (Å²) >= 11 is 0. The van der Waals surface area contributed by atoms with E-state index in [1.54, 1.807) is 0 Å². The molecule has 1 unspecified atom stereocenters. The maximum atomic E-state index is 11.6. The summed E-state index contributed by atoms with van der Waals surface area (Å²) in [6, 6.07) is -0.575. The van der Waals surface area contributed by atoms with Gasteiger partial charge in [0.05, 0.1) is 19.2 Å². The largest absolute Gasteiger partial charge is 0.381 e. The van der Waals surface area contributed by atoms with E-state index in [9.17, 15) is 9.59 Å². The van der Waals surface area contributed by atoms with Gasteiger partial charge in [-0.05, 0) is 12.3 Å². The molecule has 0 aromatic heterocycles. The summed E-state index contributed by atoms with van der Waals surface area (Å²) in [6.07, 6.45) is 0.942. The van der Waals surface area contributed by atoms with Crippen LogP contribution in [0.4, 0.5) is 0 Å². The van der Waals surface area contributed by atoms with Crippen molar-refractivity contribution in [2.24, 2.45) is 17.1 Å². The van der Waals surface area contributed by atoms with Crippen LogP contribution in [0.2, 0.25) is 0 Å². The van der Waals surface area contributed by atoms with Gasteiger partial charge in [0.2, 0.25) is 11.8 Å². The van der Waals surface area contributed by atoms with Crippen LogP contribution in [0.3, 0.4) is 0 Å². The molecule has 1 saturated heterocycles. The summed E-state index contributed by atoms with van der Waals surface area (Å²) in [4.78, 5) is 23.2. The third kappa shape index (κ3) is 6.07. The molecule has 1 aliphatic rings. The van der Waals surface area contributed by atoms with Gasteiger partial charge < -0.3 is 21.1 Å². The Hall–Kier alpha value is -0.850. The Bertz CT molecular complexity index is 331. The molecule has 0 aliphatic carbocycles. The van der Waals surface area contributed by atoms with Crippen molar-refractivity contribution < 1.29 is 14.3 Å². The average molecular weight is 308 g/mol. The van der Waals surface area contributed by atoms with Crippen LogP contribution in [0, 0.1) is 11.3 Å². The molecule has 0 aromatic carbocycles. The van der Waals surface area contributed by atoms with Crippen LogP contribution in [-0.2, 0) is 14.3 Å². The number of ether oxygens (including phenoxy) is 1. The summed E-state index contributed by atoms with van der Waals surface area (Å²) in [6.45, 7) is 7.75. The molecule has 1 rings (SSSR count). The molecule has 0 spiro atoms. The number of halogens is 1. The van der Waals surface area contributed by atoms with E-state index in [2.05, 4.69) is 17.6 Å². The van der Waals surface area contributed by atoms with Gasteiger partial charge in [-0.3, -0.25) is 9.59 Å². The molecule has 0 saturated carbocycles. The van der Waals surface area contributed by atoms with Gasteiger partial charge in [0.25, 0.3) is 0 Å². The summed E-state index contributed by atoms with van der Waals surface area (Å²) in [5.41, 5.74) is 5.69. The van der Waals surface area contributed by atoms with Crippen molar-refractivity contribution in [1.29, 1.82) is 0 Å². The monoisotopic (exact) mass is 307 g/mol. The van der Waals surface area contributed by atoms with E-state index in [0.29, 0.717) is 13.2 Å². The molecule has 20 heavy (non-hydrogen) atoms. The fourth-order valence-electron chi connectivity index (χ4n) is 1.81. The first-order valence-electron chi connectivity index (χ1n) is 6.72. The zero-order chi connectivity index (χ0) is 14.5. The summed E-state index contributed by atoms with van der Waals surface area (Å²) in [7, 11) is 0. The number of rotatable bonds is 6.